The van der Waals surface area contributed by atoms with Crippen LogP contribution in [0.15, 0.2) is 23.0 Å². The molecule has 0 aliphatic rings. The molecule has 0 unspecified atom stereocenters. The van der Waals surface area contributed by atoms with Crippen LogP contribution in [0.25, 0.3) is 10.9 Å². The number of nitrogens with zero attached hydrogens (tertiary/aromatic N) is 1. The number of methoxy groups -OCH3 is 1. The van der Waals surface area contributed by atoms with Gasteiger partial charge < -0.3 is 19.8 Å². The van der Waals surface area contributed by atoms with Crippen molar-refractivity contribution in [2.24, 2.45) is 7.05 Å². The number of ether oxygens (including phenoxy) is 2. The fraction of sp³-hybridized carbons (Fsp3) is 0.526. The summed E-state index contributed by atoms with van der Waals surface area (Å²) in [5.41, 5.74) is 6.99. The van der Waals surface area contributed by atoms with E-state index >= 15 is 0 Å². The van der Waals surface area contributed by atoms with Crippen molar-refractivity contribution >= 4 is 16.6 Å². The van der Waals surface area contributed by atoms with E-state index < -0.39 is 0 Å². The first-order valence-corrected chi connectivity index (χ1v) is 8.69. The van der Waals surface area contributed by atoms with E-state index in [1.54, 1.807) is 30.9 Å². The van der Waals surface area contributed by atoms with Crippen molar-refractivity contribution in [1.82, 2.24) is 4.57 Å². The minimum Gasteiger partial charge on any atom is -0.492 e. The molecule has 0 bridgehead atoms. The molecule has 1 aromatic heterocycles. The summed E-state index contributed by atoms with van der Waals surface area (Å²) in [6, 6.07) is 5.43. The number of nitrogen functional groups attached to an aromatic ring is 1. The molecule has 2 N–H and O–H groups in total. The predicted octanol–water partition coefficient (Wildman–Crippen LogP) is 3.87. The van der Waals surface area contributed by atoms with E-state index in [0.717, 1.165) is 23.7 Å². The molecule has 5 heteroatoms. The number of hydrogen-bond acceptors (Lipinski definition) is 4. The van der Waals surface area contributed by atoms with Crippen LogP contribution in [-0.2, 0) is 7.05 Å². The highest BCUT2D eigenvalue weighted by Gasteiger charge is 2.17. The quantitative estimate of drug-likeness (QED) is 0.559. The van der Waals surface area contributed by atoms with Crippen molar-refractivity contribution in [3.05, 3.63) is 28.6 Å². The predicted molar refractivity (Wildman–Crippen MR) is 99.0 cm³/mol. The normalized spacial score (nSPS) is 11.0. The van der Waals surface area contributed by atoms with Gasteiger partial charge in [0.05, 0.1) is 19.2 Å². The van der Waals surface area contributed by atoms with Gasteiger partial charge in [0.2, 0.25) is 5.75 Å². The Morgan fingerprint density at radius 2 is 1.79 bits per heavy atom. The van der Waals surface area contributed by atoms with Gasteiger partial charge in [0.25, 0.3) is 5.56 Å². The molecule has 0 atom stereocenters. The molecule has 0 saturated carbocycles. The Hall–Kier alpha value is -2.17. The number of nitrogens with two attached hydrogens (primary N) is 1. The first kappa shape index (κ1) is 18.2. The maximum Gasteiger partial charge on any atom is 0.297 e. The van der Waals surface area contributed by atoms with E-state index in [1.165, 1.54) is 25.7 Å². The van der Waals surface area contributed by atoms with Gasteiger partial charge in [-0.3, -0.25) is 4.79 Å². The molecule has 0 aliphatic heterocycles. The van der Waals surface area contributed by atoms with E-state index in [2.05, 4.69) is 6.92 Å². The Morgan fingerprint density at radius 1 is 1.08 bits per heavy atom. The molecule has 0 fully saturated rings. The summed E-state index contributed by atoms with van der Waals surface area (Å²) in [6.45, 7) is 2.73. The number of pyridine rings is 1. The molecule has 1 aromatic carbocycles. The third-order valence-corrected chi connectivity index (χ3v) is 4.28. The number of hydrogen-bond donors (Lipinski definition) is 1. The first-order valence-electron chi connectivity index (χ1n) is 8.69. The molecule has 2 aromatic rings. The van der Waals surface area contributed by atoms with Crippen LogP contribution in [0.4, 0.5) is 5.69 Å². The second-order valence-electron chi connectivity index (χ2n) is 6.12. The molecular weight excluding hydrogens is 304 g/mol. The number of rotatable bonds is 9. The molecule has 132 valence electrons. The minimum absolute atomic E-state index is 0.198. The molecule has 1 heterocycles. The smallest absolute Gasteiger partial charge is 0.297 e. The van der Waals surface area contributed by atoms with Gasteiger partial charge in [0.1, 0.15) is 0 Å². The highest BCUT2D eigenvalue weighted by Crippen LogP contribution is 2.33. The van der Waals surface area contributed by atoms with Crippen LogP contribution in [0.2, 0.25) is 0 Å². The molecule has 0 radical (unpaired) electrons. The zero-order chi connectivity index (χ0) is 17.5. The molecule has 0 aliphatic carbocycles. The average molecular weight is 332 g/mol. The Bertz CT molecular complexity index is 737. The summed E-state index contributed by atoms with van der Waals surface area (Å²) in [7, 11) is 3.28. The van der Waals surface area contributed by atoms with Gasteiger partial charge in [-0.25, -0.2) is 0 Å². The van der Waals surface area contributed by atoms with Crippen LogP contribution in [0, 0.1) is 0 Å². The number of aromatic nitrogens is 1. The standard InChI is InChI=1S/C19H28N2O3/c1-4-5-6-7-8-9-12-24-18-17(23-3)15-11-10-14(20)13-16(15)21(2)19(18)22/h10-11,13H,4-9,12,20H2,1-3H3. The number of fused-ring (bicyclic) bond motifs is 1. The lowest BCUT2D eigenvalue weighted by Crippen LogP contribution is -2.21. The fourth-order valence-corrected chi connectivity index (χ4v) is 2.89. The molecule has 0 saturated heterocycles. The maximum atomic E-state index is 12.6. The van der Waals surface area contributed by atoms with E-state index in [9.17, 15) is 4.79 Å². The molecular formula is C19H28N2O3. The van der Waals surface area contributed by atoms with Crippen LogP contribution < -0.4 is 20.8 Å². The van der Waals surface area contributed by atoms with E-state index in [4.69, 9.17) is 15.2 Å². The lowest BCUT2D eigenvalue weighted by Gasteiger charge is -2.15. The SMILES string of the molecule is CCCCCCCCOc1c(OC)c2ccc(N)cc2n(C)c1=O. The Morgan fingerprint density at radius 3 is 2.50 bits per heavy atom. The molecule has 2 rings (SSSR count). The zero-order valence-electron chi connectivity index (χ0n) is 14.9. The van der Waals surface area contributed by atoms with Crippen molar-refractivity contribution in [2.75, 3.05) is 19.5 Å². The summed E-state index contributed by atoms with van der Waals surface area (Å²) in [5, 5.41) is 0.826. The summed E-state index contributed by atoms with van der Waals surface area (Å²) in [6.07, 6.45) is 7.05. The van der Waals surface area contributed by atoms with E-state index in [0.29, 0.717) is 18.0 Å². The molecule has 24 heavy (non-hydrogen) atoms. The average Bonchev–Trinajstić information content (AvgIpc) is 2.58. The Balaban J connectivity index is 2.16. The number of anilines is 1. The topological polar surface area (TPSA) is 66.5 Å². The van der Waals surface area contributed by atoms with Crippen LogP contribution in [0.1, 0.15) is 45.4 Å². The van der Waals surface area contributed by atoms with Crippen molar-refractivity contribution in [1.29, 1.82) is 0 Å². The summed E-state index contributed by atoms with van der Waals surface area (Å²) < 4.78 is 12.8. The van der Waals surface area contributed by atoms with Gasteiger partial charge >= 0.3 is 0 Å². The van der Waals surface area contributed by atoms with Crippen LogP contribution in [0.5, 0.6) is 11.5 Å². The lowest BCUT2D eigenvalue weighted by molar-refractivity contribution is 0.280. The summed E-state index contributed by atoms with van der Waals surface area (Å²) in [5.74, 6) is 0.768. The third-order valence-electron chi connectivity index (χ3n) is 4.28. The third kappa shape index (κ3) is 4.02. The van der Waals surface area contributed by atoms with Crippen LogP contribution in [0.3, 0.4) is 0 Å². The Labute approximate surface area is 143 Å². The molecule has 5 nitrogen and oxygen atoms in total. The number of benzene rings is 1. The largest absolute Gasteiger partial charge is 0.492 e. The van der Waals surface area contributed by atoms with Gasteiger partial charge in [-0.1, -0.05) is 39.0 Å². The van der Waals surface area contributed by atoms with Crippen molar-refractivity contribution in [3.63, 3.8) is 0 Å². The van der Waals surface area contributed by atoms with Gasteiger partial charge in [0, 0.05) is 18.1 Å². The zero-order valence-corrected chi connectivity index (χ0v) is 14.9. The first-order chi connectivity index (χ1) is 11.6. The number of aryl methyl sites for hydroxylation is 1. The highest BCUT2D eigenvalue weighted by atomic mass is 16.5. The molecule has 0 spiro atoms. The summed E-state index contributed by atoms with van der Waals surface area (Å²) in [4.78, 5) is 12.6. The van der Waals surface area contributed by atoms with Crippen LogP contribution in [-0.4, -0.2) is 18.3 Å². The van der Waals surface area contributed by atoms with Crippen molar-refractivity contribution < 1.29 is 9.47 Å². The number of unbranched alkanes of at least 4 members (excludes halogenated alkanes) is 5. The van der Waals surface area contributed by atoms with E-state index in [-0.39, 0.29) is 11.3 Å². The fourth-order valence-electron chi connectivity index (χ4n) is 2.89. The van der Waals surface area contributed by atoms with Crippen molar-refractivity contribution in [2.45, 2.75) is 45.4 Å². The lowest BCUT2D eigenvalue weighted by atomic mass is 10.1. The van der Waals surface area contributed by atoms with Gasteiger partial charge in [-0.2, -0.15) is 0 Å². The van der Waals surface area contributed by atoms with E-state index in [1.807, 2.05) is 6.07 Å². The van der Waals surface area contributed by atoms with Crippen molar-refractivity contribution in [3.8, 4) is 11.5 Å². The Kier molecular flexibility index (Phi) is 6.53. The summed E-state index contributed by atoms with van der Waals surface area (Å²) >= 11 is 0. The maximum absolute atomic E-state index is 12.6. The van der Waals surface area contributed by atoms with Gasteiger partial charge in [-0.05, 0) is 24.6 Å². The van der Waals surface area contributed by atoms with Gasteiger partial charge in [0.15, 0.2) is 5.75 Å². The second kappa shape index (κ2) is 8.62. The minimum atomic E-state index is -0.198. The van der Waals surface area contributed by atoms with Crippen LogP contribution >= 0.6 is 0 Å². The molecule has 0 amide bonds. The monoisotopic (exact) mass is 332 g/mol. The highest BCUT2D eigenvalue weighted by molar-refractivity contribution is 5.90. The van der Waals surface area contributed by atoms with Gasteiger partial charge in [-0.15, -0.1) is 0 Å². The second-order valence-corrected chi connectivity index (χ2v) is 6.12.